The Morgan fingerprint density at radius 2 is 2.22 bits per heavy atom. The van der Waals surface area contributed by atoms with E-state index < -0.39 is 10.5 Å². The highest BCUT2D eigenvalue weighted by Gasteiger charge is 2.30. The molecule has 1 heterocycles. The van der Waals surface area contributed by atoms with E-state index in [9.17, 15) is 14.9 Å². The van der Waals surface area contributed by atoms with Crippen LogP contribution in [0.3, 0.4) is 0 Å². The number of hydrogen-bond acceptors (Lipinski definition) is 6. The first-order valence-corrected chi connectivity index (χ1v) is 7.72. The monoisotopic (exact) mass is 318 g/mol. The summed E-state index contributed by atoms with van der Waals surface area (Å²) in [7, 11) is 0. The maximum absolute atomic E-state index is 12.1. The highest BCUT2D eigenvalue weighted by atomic mass is 16.6. The second-order valence-corrected chi connectivity index (χ2v) is 6.00. The number of aromatic nitrogens is 1. The Labute approximate surface area is 132 Å². The van der Waals surface area contributed by atoms with Crippen molar-refractivity contribution in [3.63, 3.8) is 0 Å². The molecule has 1 aliphatic rings. The van der Waals surface area contributed by atoms with Crippen molar-refractivity contribution in [1.29, 1.82) is 0 Å². The lowest BCUT2D eigenvalue weighted by Crippen LogP contribution is -2.15. The molecule has 2 aromatic rings. The van der Waals surface area contributed by atoms with Gasteiger partial charge in [0.2, 0.25) is 0 Å². The van der Waals surface area contributed by atoms with Crippen molar-refractivity contribution >= 4 is 16.6 Å². The summed E-state index contributed by atoms with van der Waals surface area (Å²) in [4.78, 5) is 26.7. The van der Waals surface area contributed by atoms with Crippen molar-refractivity contribution in [2.24, 2.45) is 11.8 Å². The van der Waals surface area contributed by atoms with Crippen LogP contribution in [0, 0.1) is 28.9 Å². The van der Waals surface area contributed by atoms with Crippen molar-refractivity contribution in [2.75, 3.05) is 6.61 Å². The van der Waals surface area contributed by atoms with E-state index in [-0.39, 0.29) is 22.7 Å². The fourth-order valence-corrected chi connectivity index (χ4v) is 2.86. The highest BCUT2D eigenvalue weighted by molar-refractivity contribution is 5.83. The van der Waals surface area contributed by atoms with Crippen LogP contribution in [0.2, 0.25) is 0 Å². The van der Waals surface area contributed by atoms with Crippen LogP contribution in [0.1, 0.15) is 31.7 Å². The smallest absolute Gasteiger partial charge is 0.397 e. The molecule has 1 aliphatic carbocycles. The fourth-order valence-electron chi connectivity index (χ4n) is 2.86. The lowest BCUT2D eigenvalue weighted by Gasteiger charge is -2.13. The number of rotatable bonds is 6. The summed E-state index contributed by atoms with van der Waals surface area (Å²) in [6.45, 7) is 4.16. The molecular weight excluding hydrogens is 300 g/mol. The number of aryl methyl sites for hydroxylation is 1. The van der Waals surface area contributed by atoms with Crippen LogP contribution in [-0.4, -0.2) is 16.5 Å². The zero-order valence-electron chi connectivity index (χ0n) is 13.1. The van der Waals surface area contributed by atoms with Gasteiger partial charge >= 0.3 is 11.7 Å². The molecule has 0 spiro atoms. The van der Waals surface area contributed by atoms with Gasteiger partial charge < -0.3 is 9.15 Å². The van der Waals surface area contributed by atoms with Crippen molar-refractivity contribution < 1.29 is 14.1 Å². The molecule has 1 aromatic carbocycles. The number of non-ortho nitro benzene ring substituents is 1. The average Bonchev–Trinajstić information content (AvgIpc) is 3.31. The standard InChI is InChI=1S/C16H18N2O5/c1-3-10(11-4-5-11)8-22-16-17-13-7-12(18(20)21)6-9(2)14(13)15(19)23-16/h6-7,10-11H,3-5,8H2,1-2H3. The molecule has 7 heteroatoms. The second kappa shape index (κ2) is 5.98. The molecule has 1 unspecified atom stereocenters. The number of nitro groups is 1. The number of nitrogens with zero attached hydrogens (tertiary/aromatic N) is 2. The molecule has 0 N–H and O–H groups in total. The third kappa shape index (κ3) is 3.18. The van der Waals surface area contributed by atoms with E-state index in [2.05, 4.69) is 11.9 Å². The van der Waals surface area contributed by atoms with Gasteiger partial charge in [-0.3, -0.25) is 10.1 Å². The molecule has 1 aromatic heterocycles. The van der Waals surface area contributed by atoms with Gasteiger partial charge in [0.15, 0.2) is 0 Å². The Bertz CT molecular complexity index is 810. The summed E-state index contributed by atoms with van der Waals surface area (Å²) in [5, 5.41) is 11.2. The third-order valence-electron chi connectivity index (χ3n) is 4.34. The number of fused-ring (bicyclic) bond motifs is 1. The van der Waals surface area contributed by atoms with Crippen molar-refractivity contribution in [2.45, 2.75) is 33.1 Å². The number of ether oxygens (including phenoxy) is 1. The first-order valence-electron chi connectivity index (χ1n) is 7.72. The van der Waals surface area contributed by atoms with Crippen LogP contribution in [-0.2, 0) is 0 Å². The van der Waals surface area contributed by atoms with Gasteiger partial charge in [-0.15, -0.1) is 0 Å². The number of nitro benzene ring substituents is 1. The van der Waals surface area contributed by atoms with Crippen molar-refractivity contribution in [3.8, 4) is 6.08 Å². The molecule has 122 valence electrons. The van der Waals surface area contributed by atoms with Gasteiger partial charge in [-0.2, -0.15) is 4.98 Å². The molecule has 0 radical (unpaired) electrons. The Balaban J connectivity index is 1.92. The quantitative estimate of drug-likeness (QED) is 0.599. The van der Waals surface area contributed by atoms with Crippen LogP contribution in [0.15, 0.2) is 21.3 Å². The van der Waals surface area contributed by atoms with E-state index >= 15 is 0 Å². The SMILES string of the molecule is CCC(COc1nc2cc([N+](=O)[O-])cc(C)c2c(=O)o1)C1CC1. The molecule has 0 bridgehead atoms. The van der Waals surface area contributed by atoms with Crippen LogP contribution in [0.4, 0.5) is 5.69 Å². The minimum atomic E-state index is -0.586. The predicted octanol–water partition coefficient (Wildman–Crippen LogP) is 3.22. The second-order valence-electron chi connectivity index (χ2n) is 6.00. The summed E-state index contributed by atoms with van der Waals surface area (Å²) < 4.78 is 10.6. The Hall–Kier alpha value is -2.44. The lowest BCUT2D eigenvalue weighted by molar-refractivity contribution is -0.384. The minimum absolute atomic E-state index is 0.108. The molecule has 7 nitrogen and oxygen atoms in total. The Morgan fingerprint density at radius 3 is 2.83 bits per heavy atom. The summed E-state index contributed by atoms with van der Waals surface area (Å²) in [6.07, 6.45) is 3.29. The van der Waals surface area contributed by atoms with Gasteiger partial charge in [-0.1, -0.05) is 6.92 Å². The van der Waals surface area contributed by atoms with Gasteiger partial charge in [0, 0.05) is 12.1 Å². The van der Waals surface area contributed by atoms with E-state index in [1.807, 2.05) is 0 Å². The predicted molar refractivity (Wildman–Crippen MR) is 83.7 cm³/mol. The average molecular weight is 318 g/mol. The number of benzene rings is 1. The molecule has 0 saturated heterocycles. The minimum Gasteiger partial charge on any atom is -0.450 e. The molecule has 1 fully saturated rings. The Kier molecular flexibility index (Phi) is 4.02. The van der Waals surface area contributed by atoms with E-state index in [1.54, 1.807) is 6.92 Å². The lowest BCUT2D eigenvalue weighted by atomic mass is 10.0. The molecule has 3 rings (SSSR count). The third-order valence-corrected chi connectivity index (χ3v) is 4.34. The molecular formula is C16H18N2O5. The Morgan fingerprint density at radius 1 is 1.48 bits per heavy atom. The van der Waals surface area contributed by atoms with E-state index in [0.717, 1.165) is 6.42 Å². The molecule has 1 atom stereocenters. The van der Waals surface area contributed by atoms with E-state index in [0.29, 0.717) is 24.0 Å². The topological polar surface area (TPSA) is 95.5 Å². The van der Waals surface area contributed by atoms with Gasteiger partial charge in [0.05, 0.1) is 22.4 Å². The normalized spacial score (nSPS) is 15.6. The first kappa shape index (κ1) is 15.5. The van der Waals surface area contributed by atoms with Crippen LogP contribution in [0.5, 0.6) is 6.08 Å². The first-order chi connectivity index (χ1) is 11.0. The molecule has 0 amide bonds. The van der Waals surface area contributed by atoms with Gasteiger partial charge in [0.25, 0.3) is 5.69 Å². The maximum Gasteiger partial charge on any atom is 0.397 e. The van der Waals surface area contributed by atoms with Gasteiger partial charge in [0.1, 0.15) is 0 Å². The summed E-state index contributed by atoms with van der Waals surface area (Å²) >= 11 is 0. The zero-order chi connectivity index (χ0) is 16.6. The fraction of sp³-hybridized carbons (Fsp3) is 0.500. The summed E-state index contributed by atoms with van der Waals surface area (Å²) in [5.74, 6) is 1.10. The van der Waals surface area contributed by atoms with Crippen molar-refractivity contribution in [3.05, 3.63) is 38.2 Å². The van der Waals surface area contributed by atoms with Crippen LogP contribution < -0.4 is 10.4 Å². The zero-order valence-corrected chi connectivity index (χ0v) is 13.1. The van der Waals surface area contributed by atoms with Crippen LogP contribution >= 0.6 is 0 Å². The van der Waals surface area contributed by atoms with Gasteiger partial charge in [-0.25, -0.2) is 4.79 Å². The molecule has 0 aliphatic heterocycles. The highest BCUT2D eigenvalue weighted by Crippen LogP contribution is 2.38. The summed E-state index contributed by atoms with van der Waals surface area (Å²) in [6, 6.07) is 2.60. The molecule has 23 heavy (non-hydrogen) atoms. The number of hydrogen-bond donors (Lipinski definition) is 0. The van der Waals surface area contributed by atoms with E-state index in [4.69, 9.17) is 9.15 Å². The van der Waals surface area contributed by atoms with Crippen LogP contribution in [0.25, 0.3) is 10.9 Å². The van der Waals surface area contributed by atoms with Crippen molar-refractivity contribution in [1.82, 2.24) is 4.98 Å². The largest absolute Gasteiger partial charge is 0.450 e. The molecule has 1 saturated carbocycles. The van der Waals surface area contributed by atoms with Gasteiger partial charge in [-0.05, 0) is 43.6 Å². The van der Waals surface area contributed by atoms with E-state index in [1.165, 1.54) is 25.0 Å². The maximum atomic E-state index is 12.1. The summed E-state index contributed by atoms with van der Waals surface area (Å²) in [5.41, 5.74) is -0.00540.